The molecule has 2 amide bonds. The second-order valence-corrected chi connectivity index (χ2v) is 9.88. The van der Waals surface area contributed by atoms with Crippen LogP contribution in [0.5, 0.6) is 5.75 Å². The molecule has 3 rings (SSSR count). The molecule has 0 atom stereocenters. The summed E-state index contributed by atoms with van der Waals surface area (Å²) in [7, 11) is -0.862. The quantitative estimate of drug-likeness (QED) is 0.582. The molecule has 0 bridgehead atoms. The molecule has 150 valence electrons. The average molecular weight is 442 g/mol. The molecular formula is C17H19N3O5S3. The molecule has 28 heavy (non-hydrogen) atoms. The lowest BCUT2D eigenvalue weighted by Gasteiger charge is -2.05. The maximum atomic E-state index is 12.5. The van der Waals surface area contributed by atoms with E-state index in [-0.39, 0.29) is 9.34 Å². The van der Waals surface area contributed by atoms with E-state index in [9.17, 15) is 13.2 Å². The Morgan fingerprint density at radius 3 is 2.75 bits per heavy atom. The van der Waals surface area contributed by atoms with Gasteiger partial charge >= 0.3 is 6.03 Å². The molecule has 0 radical (unpaired) electrons. The number of nitrogens with one attached hydrogen (secondary N) is 2. The summed E-state index contributed by atoms with van der Waals surface area (Å²) < 4.78 is 38.2. The smallest absolute Gasteiger partial charge is 0.334 e. The van der Waals surface area contributed by atoms with Gasteiger partial charge in [0.1, 0.15) is 15.5 Å². The van der Waals surface area contributed by atoms with Gasteiger partial charge in [-0.25, -0.2) is 22.9 Å². The summed E-state index contributed by atoms with van der Waals surface area (Å²) in [6.07, 6.45) is 0.613. The summed E-state index contributed by atoms with van der Waals surface area (Å²) in [5.74, 6) is 0.576. The zero-order chi connectivity index (χ0) is 20.3. The zero-order valence-corrected chi connectivity index (χ0v) is 17.9. The van der Waals surface area contributed by atoms with Gasteiger partial charge in [0.15, 0.2) is 5.13 Å². The normalized spacial score (nSPS) is 11.5. The Bertz CT molecular complexity index is 1100. The molecule has 0 spiro atoms. The molecule has 0 aliphatic rings. The number of anilines is 1. The van der Waals surface area contributed by atoms with Gasteiger partial charge in [-0.15, -0.1) is 11.3 Å². The molecule has 1 aromatic carbocycles. The van der Waals surface area contributed by atoms with Crippen molar-refractivity contribution < 1.29 is 22.7 Å². The number of ether oxygens (including phenoxy) is 2. The van der Waals surface area contributed by atoms with Crippen molar-refractivity contribution in [3.8, 4) is 5.75 Å². The van der Waals surface area contributed by atoms with Crippen LogP contribution in [0.4, 0.5) is 9.93 Å². The van der Waals surface area contributed by atoms with E-state index in [0.29, 0.717) is 24.3 Å². The molecule has 2 N–H and O–H groups in total. The molecule has 0 unspecified atom stereocenters. The Balaban J connectivity index is 1.73. The second-order valence-electron chi connectivity index (χ2n) is 5.80. The topological polar surface area (TPSA) is 107 Å². The van der Waals surface area contributed by atoms with E-state index in [1.807, 2.05) is 23.8 Å². The van der Waals surface area contributed by atoms with Crippen LogP contribution >= 0.6 is 22.7 Å². The molecule has 11 heteroatoms. The number of thiophene rings is 1. The summed E-state index contributed by atoms with van der Waals surface area (Å²) in [6, 6.07) is 6.09. The lowest BCUT2D eigenvalue weighted by Crippen LogP contribution is -2.33. The van der Waals surface area contributed by atoms with Crippen LogP contribution in [-0.4, -0.2) is 40.3 Å². The van der Waals surface area contributed by atoms with Crippen LogP contribution in [0.25, 0.3) is 10.2 Å². The van der Waals surface area contributed by atoms with Gasteiger partial charge in [-0.2, -0.15) is 0 Å². The molecular weight excluding hydrogens is 422 g/mol. The van der Waals surface area contributed by atoms with Crippen LogP contribution in [0.2, 0.25) is 0 Å². The van der Waals surface area contributed by atoms with Gasteiger partial charge in [-0.05, 0) is 30.7 Å². The summed E-state index contributed by atoms with van der Waals surface area (Å²) >= 11 is 2.35. The fraction of sp³-hybridized carbons (Fsp3) is 0.294. The number of fused-ring (bicyclic) bond motifs is 1. The van der Waals surface area contributed by atoms with Crippen molar-refractivity contribution in [2.24, 2.45) is 0 Å². The van der Waals surface area contributed by atoms with Crippen molar-refractivity contribution in [3.05, 3.63) is 34.7 Å². The number of hydrogen-bond donors (Lipinski definition) is 2. The van der Waals surface area contributed by atoms with Crippen LogP contribution < -0.4 is 14.8 Å². The number of amides is 2. The van der Waals surface area contributed by atoms with Crippen LogP contribution in [0.3, 0.4) is 0 Å². The Hall–Kier alpha value is -2.21. The Labute approximate surface area is 170 Å². The largest absolute Gasteiger partial charge is 0.494 e. The van der Waals surface area contributed by atoms with Crippen molar-refractivity contribution in [3.63, 3.8) is 0 Å². The monoisotopic (exact) mass is 441 g/mol. The number of benzene rings is 1. The highest BCUT2D eigenvalue weighted by molar-refractivity contribution is 7.92. The summed E-state index contributed by atoms with van der Waals surface area (Å²) in [5.41, 5.74) is 1.45. The number of nitrogens with zero attached hydrogens (tertiary/aromatic N) is 1. The van der Waals surface area contributed by atoms with Crippen molar-refractivity contribution >= 4 is 54.1 Å². The number of aryl methyl sites for hydroxylation is 1. The van der Waals surface area contributed by atoms with Crippen molar-refractivity contribution in [1.29, 1.82) is 0 Å². The van der Waals surface area contributed by atoms with Gasteiger partial charge in [0, 0.05) is 18.4 Å². The first-order valence-electron chi connectivity index (χ1n) is 8.19. The predicted octanol–water partition coefficient (Wildman–Crippen LogP) is 3.37. The lowest BCUT2D eigenvalue weighted by molar-refractivity contribution is 0.203. The number of rotatable bonds is 7. The fourth-order valence-electron chi connectivity index (χ4n) is 2.50. The number of sulfonamides is 1. The molecule has 3 aromatic rings. The number of carbonyl (C=O) groups is 1. The van der Waals surface area contributed by atoms with Crippen molar-refractivity contribution in [2.75, 3.05) is 26.1 Å². The number of methoxy groups -OCH3 is 2. The Morgan fingerprint density at radius 2 is 2.04 bits per heavy atom. The first kappa shape index (κ1) is 20.5. The number of hydrogen-bond acceptors (Lipinski definition) is 8. The highest BCUT2D eigenvalue weighted by atomic mass is 32.2. The Kier molecular flexibility index (Phi) is 6.18. The van der Waals surface area contributed by atoms with Gasteiger partial charge in [0.05, 0.1) is 18.4 Å². The molecule has 2 aromatic heterocycles. The maximum absolute atomic E-state index is 12.5. The lowest BCUT2D eigenvalue weighted by atomic mass is 10.2. The van der Waals surface area contributed by atoms with E-state index in [4.69, 9.17) is 9.47 Å². The molecule has 0 fully saturated rings. The molecule has 0 saturated heterocycles. The van der Waals surface area contributed by atoms with E-state index in [1.165, 1.54) is 18.4 Å². The molecule has 0 aliphatic heterocycles. The summed E-state index contributed by atoms with van der Waals surface area (Å²) in [6.45, 7) is 2.32. The molecule has 8 nitrogen and oxygen atoms in total. The highest BCUT2D eigenvalue weighted by Crippen LogP contribution is 2.32. The number of para-hydroxylation sites is 1. The standard InChI is InChI=1S/C17H19N3O5S3/c1-10-9-14(26-12(10)7-8-24-2)28(22,23)20-16(21)19-17-18-15-11(25-3)5-4-6-13(15)27-17/h4-6,9H,7-8H2,1-3H3,(H2,18,19,20,21). The third-order valence-electron chi connectivity index (χ3n) is 3.85. The fourth-order valence-corrected chi connectivity index (χ4v) is 5.86. The zero-order valence-electron chi connectivity index (χ0n) is 15.4. The van der Waals surface area contributed by atoms with E-state index >= 15 is 0 Å². The number of thiazole rings is 1. The third-order valence-corrected chi connectivity index (χ3v) is 7.88. The number of urea groups is 1. The van der Waals surface area contributed by atoms with E-state index in [0.717, 1.165) is 26.5 Å². The Morgan fingerprint density at radius 1 is 1.25 bits per heavy atom. The van der Waals surface area contributed by atoms with Crippen molar-refractivity contribution in [2.45, 2.75) is 17.6 Å². The maximum Gasteiger partial charge on any atom is 0.334 e. The van der Waals surface area contributed by atoms with Crippen LogP contribution in [-0.2, 0) is 21.2 Å². The summed E-state index contributed by atoms with van der Waals surface area (Å²) in [5, 5.41) is 2.74. The van der Waals surface area contributed by atoms with Crippen LogP contribution in [0.15, 0.2) is 28.5 Å². The van der Waals surface area contributed by atoms with Crippen LogP contribution in [0, 0.1) is 6.92 Å². The minimum atomic E-state index is -3.98. The average Bonchev–Trinajstić information content (AvgIpc) is 3.22. The second kappa shape index (κ2) is 8.43. The minimum Gasteiger partial charge on any atom is -0.494 e. The van der Waals surface area contributed by atoms with E-state index in [2.05, 4.69) is 10.3 Å². The van der Waals surface area contributed by atoms with Gasteiger partial charge < -0.3 is 9.47 Å². The minimum absolute atomic E-state index is 0.0808. The number of aromatic nitrogens is 1. The first-order valence-corrected chi connectivity index (χ1v) is 11.3. The van der Waals surface area contributed by atoms with E-state index in [1.54, 1.807) is 19.2 Å². The van der Waals surface area contributed by atoms with E-state index < -0.39 is 16.1 Å². The van der Waals surface area contributed by atoms with Gasteiger partial charge in [-0.3, -0.25) is 5.32 Å². The van der Waals surface area contributed by atoms with Crippen LogP contribution in [0.1, 0.15) is 10.4 Å². The molecule has 0 aliphatic carbocycles. The summed E-state index contributed by atoms with van der Waals surface area (Å²) in [4.78, 5) is 17.4. The molecule has 2 heterocycles. The number of carbonyl (C=O) groups excluding carboxylic acids is 1. The van der Waals surface area contributed by atoms with Gasteiger partial charge in [0.25, 0.3) is 10.0 Å². The highest BCUT2D eigenvalue weighted by Gasteiger charge is 2.22. The third kappa shape index (κ3) is 4.43. The van der Waals surface area contributed by atoms with Crippen molar-refractivity contribution in [1.82, 2.24) is 9.71 Å². The predicted molar refractivity (Wildman–Crippen MR) is 110 cm³/mol. The molecule has 0 saturated carbocycles. The van der Waals surface area contributed by atoms with Gasteiger partial charge in [-0.1, -0.05) is 17.4 Å². The first-order chi connectivity index (χ1) is 13.3. The van der Waals surface area contributed by atoms with Gasteiger partial charge in [0.2, 0.25) is 0 Å². The SMILES string of the molecule is COCCc1sc(S(=O)(=O)NC(=O)Nc2nc3c(OC)cccc3s2)cc1C.